The van der Waals surface area contributed by atoms with Gasteiger partial charge in [0.2, 0.25) is 5.88 Å². The third-order valence-electron chi connectivity index (χ3n) is 5.43. The number of amides is 1. The first-order valence-electron chi connectivity index (χ1n) is 9.74. The molecule has 2 heterocycles. The first kappa shape index (κ1) is 18.4. The van der Waals surface area contributed by atoms with Crippen LogP contribution in [0.4, 0.5) is 5.69 Å². The van der Waals surface area contributed by atoms with Gasteiger partial charge in [-0.2, -0.15) is 0 Å². The van der Waals surface area contributed by atoms with E-state index in [4.69, 9.17) is 11.3 Å². The number of aromatic nitrogens is 2. The zero-order valence-electron chi connectivity index (χ0n) is 15.8. The average Bonchev–Trinajstić information content (AvgIpc) is 2.93. The van der Waals surface area contributed by atoms with E-state index in [-0.39, 0.29) is 5.91 Å². The summed E-state index contributed by atoms with van der Waals surface area (Å²) in [6.07, 6.45) is 7.82. The first-order valence-corrected chi connectivity index (χ1v) is 9.74. The van der Waals surface area contributed by atoms with Gasteiger partial charge in [-0.1, -0.05) is 18.6 Å². The van der Waals surface area contributed by atoms with Crippen LogP contribution in [0.1, 0.15) is 36.2 Å². The number of rotatable bonds is 4. The summed E-state index contributed by atoms with van der Waals surface area (Å²) in [5.41, 5.74) is 0.828. The zero-order valence-corrected chi connectivity index (χ0v) is 15.8. The molecule has 4 rings (SSSR count). The quantitative estimate of drug-likeness (QED) is 0.763. The highest BCUT2D eigenvalue weighted by Gasteiger charge is 2.28. The molecule has 0 atom stereocenters. The van der Waals surface area contributed by atoms with Gasteiger partial charge in [0.15, 0.2) is 5.69 Å². The molecule has 0 bridgehead atoms. The van der Waals surface area contributed by atoms with Crippen molar-refractivity contribution in [1.82, 2.24) is 19.8 Å². The SMILES string of the molecule is [C-]#[N+]c1cccc(Oc2cnc(C(=O)N3CCCN(C4CCC4)CC3)cn2)c1. The summed E-state index contributed by atoms with van der Waals surface area (Å²) in [6.45, 7) is 10.5. The van der Waals surface area contributed by atoms with E-state index in [1.807, 2.05) is 4.90 Å². The number of benzene rings is 1. The standard InChI is InChI=1S/C21H23N5O2/c1-22-16-5-2-8-18(13-16)28-20-15-23-19(14-24-20)21(27)26-10-4-9-25(11-12-26)17-6-3-7-17/h2,5,8,13-15,17H,3-4,6-7,9-12H2. The maximum absolute atomic E-state index is 12.8. The van der Waals surface area contributed by atoms with Crippen LogP contribution in [0.15, 0.2) is 36.7 Å². The van der Waals surface area contributed by atoms with Crippen LogP contribution in [0, 0.1) is 6.57 Å². The minimum absolute atomic E-state index is 0.0792. The Morgan fingerprint density at radius 2 is 2.00 bits per heavy atom. The fourth-order valence-electron chi connectivity index (χ4n) is 3.64. The lowest BCUT2D eigenvalue weighted by Gasteiger charge is -2.36. The molecule has 144 valence electrons. The van der Waals surface area contributed by atoms with Crippen molar-refractivity contribution in [2.45, 2.75) is 31.7 Å². The molecule has 1 saturated heterocycles. The maximum Gasteiger partial charge on any atom is 0.274 e. The van der Waals surface area contributed by atoms with Crippen LogP contribution in [-0.4, -0.2) is 57.9 Å². The molecule has 0 spiro atoms. The Balaban J connectivity index is 1.37. The monoisotopic (exact) mass is 377 g/mol. The van der Waals surface area contributed by atoms with Crippen LogP contribution in [-0.2, 0) is 0 Å². The Morgan fingerprint density at radius 1 is 1.11 bits per heavy atom. The second-order valence-corrected chi connectivity index (χ2v) is 7.22. The van der Waals surface area contributed by atoms with Crippen molar-refractivity contribution in [3.63, 3.8) is 0 Å². The van der Waals surface area contributed by atoms with Crippen molar-refractivity contribution in [2.24, 2.45) is 0 Å². The molecule has 1 aliphatic heterocycles. The number of ether oxygens (including phenoxy) is 1. The second kappa shape index (κ2) is 8.36. The van der Waals surface area contributed by atoms with Crippen LogP contribution in [0.25, 0.3) is 4.85 Å². The summed E-state index contributed by atoms with van der Waals surface area (Å²) in [6, 6.07) is 7.56. The highest BCUT2D eigenvalue weighted by molar-refractivity contribution is 5.92. The maximum atomic E-state index is 12.8. The van der Waals surface area contributed by atoms with E-state index in [0.717, 1.165) is 32.6 Å². The van der Waals surface area contributed by atoms with Gasteiger partial charge >= 0.3 is 0 Å². The lowest BCUT2D eigenvalue weighted by Crippen LogP contribution is -2.42. The summed E-state index contributed by atoms with van der Waals surface area (Å²) >= 11 is 0. The second-order valence-electron chi connectivity index (χ2n) is 7.22. The lowest BCUT2D eigenvalue weighted by atomic mass is 9.91. The number of carbonyl (C=O) groups excluding carboxylic acids is 1. The third kappa shape index (κ3) is 4.12. The molecule has 7 nitrogen and oxygen atoms in total. The van der Waals surface area contributed by atoms with Crippen molar-refractivity contribution in [3.8, 4) is 11.6 Å². The molecule has 0 radical (unpaired) electrons. The van der Waals surface area contributed by atoms with Gasteiger partial charge in [-0.3, -0.25) is 9.69 Å². The van der Waals surface area contributed by atoms with Gasteiger partial charge < -0.3 is 9.64 Å². The van der Waals surface area contributed by atoms with Crippen LogP contribution in [0.2, 0.25) is 0 Å². The van der Waals surface area contributed by atoms with Crippen molar-refractivity contribution in [1.29, 1.82) is 0 Å². The van der Waals surface area contributed by atoms with E-state index >= 15 is 0 Å². The van der Waals surface area contributed by atoms with E-state index in [1.165, 1.54) is 31.7 Å². The minimum Gasteiger partial charge on any atom is -0.439 e. The van der Waals surface area contributed by atoms with Gasteiger partial charge in [0.05, 0.1) is 19.0 Å². The number of carbonyl (C=O) groups is 1. The molecular weight excluding hydrogens is 354 g/mol. The molecule has 2 aromatic rings. The molecule has 1 aromatic heterocycles. The van der Waals surface area contributed by atoms with Crippen LogP contribution in [0.3, 0.4) is 0 Å². The Labute approximate surface area is 164 Å². The van der Waals surface area contributed by atoms with Gasteiger partial charge in [0, 0.05) is 32.2 Å². The van der Waals surface area contributed by atoms with E-state index in [1.54, 1.807) is 24.3 Å². The van der Waals surface area contributed by atoms with Crippen LogP contribution < -0.4 is 4.74 Å². The molecule has 28 heavy (non-hydrogen) atoms. The van der Waals surface area contributed by atoms with Gasteiger partial charge in [-0.15, -0.1) is 0 Å². The molecule has 1 amide bonds. The summed E-state index contributed by atoms with van der Waals surface area (Å²) in [5.74, 6) is 0.737. The van der Waals surface area contributed by atoms with Crippen molar-refractivity contribution < 1.29 is 9.53 Å². The fourth-order valence-corrected chi connectivity index (χ4v) is 3.64. The normalized spacial score (nSPS) is 18.0. The molecular formula is C21H23N5O2. The predicted molar refractivity (Wildman–Crippen MR) is 105 cm³/mol. The highest BCUT2D eigenvalue weighted by atomic mass is 16.5. The number of hydrogen-bond acceptors (Lipinski definition) is 5. The Morgan fingerprint density at radius 3 is 2.71 bits per heavy atom. The van der Waals surface area contributed by atoms with Gasteiger partial charge in [0.25, 0.3) is 5.91 Å². The van der Waals surface area contributed by atoms with Crippen LogP contribution in [0.5, 0.6) is 11.6 Å². The predicted octanol–water partition coefficient (Wildman–Crippen LogP) is 3.52. The number of nitrogens with zero attached hydrogens (tertiary/aromatic N) is 5. The molecule has 1 aromatic carbocycles. The Hall–Kier alpha value is -2.98. The summed E-state index contributed by atoms with van der Waals surface area (Å²) in [7, 11) is 0. The molecule has 2 fully saturated rings. The van der Waals surface area contributed by atoms with E-state index < -0.39 is 0 Å². The van der Waals surface area contributed by atoms with E-state index in [9.17, 15) is 4.79 Å². The highest BCUT2D eigenvalue weighted by Crippen LogP contribution is 2.26. The minimum atomic E-state index is -0.0792. The van der Waals surface area contributed by atoms with Crippen LogP contribution >= 0.6 is 0 Å². The number of hydrogen-bond donors (Lipinski definition) is 0. The van der Waals surface area contributed by atoms with Crippen molar-refractivity contribution in [3.05, 3.63) is 53.8 Å². The molecule has 7 heteroatoms. The van der Waals surface area contributed by atoms with E-state index in [0.29, 0.717) is 29.1 Å². The molecule has 0 unspecified atom stereocenters. The molecule has 2 aliphatic rings. The smallest absolute Gasteiger partial charge is 0.274 e. The molecule has 1 saturated carbocycles. The Kier molecular flexibility index (Phi) is 5.49. The summed E-state index contributed by atoms with van der Waals surface area (Å²) in [5, 5.41) is 0. The lowest BCUT2D eigenvalue weighted by molar-refractivity contribution is 0.0743. The third-order valence-corrected chi connectivity index (χ3v) is 5.43. The van der Waals surface area contributed by atoms with E-state index in [2.05, 4.69) is 19.7 Å². The first-order chi connectivity index (χ1) is 13.7. The largest absolute Gasteiger partial charge is 0.439 e. The summed E-state index contributed by atoms with van der Waals surface area (Å²) < 4.78 is 5.63. The van der Waals surface area contributed by atoms with Crippen molar-refractivity contribution >= 4 is 11.6 Å². The van der Waals surface area contributed by atoms with Crippen molar-refractivity contribution in [2.75, 3.05) is 26.2 Å². The Bertz CT molecular complexity index is 873. The summed E-state index contributed by atoms with van der Waals surface area (Å²) in [4.78, 5) is 29.0. The van der Waals surface area contributed by atoms with Gasteiger partial charge in [-0.05, 0) is 31.4 Å². The fraction of sp³-hybridized carbons (Fsp3) is 0.429. The zero-order chi connectivity index (χ0) is 19.3. The molecule has 0 N–H and O–H groups in total. The van der Waals surface area contributed by atoms with Gasteiger partial charge in [-0.25, -0.2) is 14.8 Å². The van der Waals surface area contributed by atoms with Gasteiger partial charge in [0.1, 0.15) is 11.4 Å². The average molecular weight is 377 g/mol. The topological polar surface area (TPSA) is 62.9 Å². The molecule has 1 aliphatic carbocycles.